The van der Waals surface area contributed by atoms with Gasteiger partial charge in [0.25, 0.3) is 0 Å². The van der Waals surface area contributed by atoms with Crippen molar-refractivity contribution in [3.63, 3.8) is 0 Å². The number of nitrogens with zero attached hydrogens (tertiary/aromatic N) is 3. The quantitative estimate of drug-likeness (QED) is 0.582. The van der Waals surface area contributed by atoms with E-state index in [0.29, 0.717) is 13.1 Å². The van der Waals surface area contributed by atoms with Gasteiger partial charge >= 0.3 is 0 Å². The molecule has 1 aliphatic rings. The molecule has 0 unspecified atom stereocenters. The van der Waals surface area contributed by atoms with Crippen molar-refractivity contribution >= 4 is 10.0 Å². The molecule has 0 spiro atoms. The van der Waals surface area contributed by atoms with E-state index < -0.39 is 10.0 Å². The minimum atomic E-state index is -3.01. The summed E-state index contributed by atoms with van der Waals surface area (Å²) in [5.74, 6) is 0. The monoisotopic (exact) mass is 306 g/mol. The molecule has 120 valence electrons. The number of piperazine rings is 1. The molecule has 6 nitrogen and oxygen atoms in total. The van der Waals surface area contributed by atoms with Gasteiger partial charge in [0, 0.05) is 52.4 Å². The van der Waals surface area contributed by atoms with Crippen LogP contribution in [-0.4, -0.2) is 94.2 Å². The highest BCUT2D eigenvalue weighted by Crippen LogP contribution is 2.04. The zero-order valence-corrected chi connectivity index (χ0v) is 14.0. The van der Waals surface area contributed by atoms with E-state index in [1.807, 2.05) is 0 Å². The molecule has 1 heterocycles. The average Bonchev–Trinajstić information content (AvgIpc) is 2.42. The highest BCUT2D eigenvalue weighted by molar-refractivity contribution is 7.88. The highest BCUT2D eigenvalue weighted by atomic mass is 32.2. The average molecular weight is 306 g/mol. The maximum absolute atomic E-state index is 11.4. The minimum Gasteiger partial charge on any atom is -0.314 e. The molecule has 0 bridgehead atoms. The molecule has 0 saturated carbocycles. The Kier molecular flexibility index (Phi) is 7.98. The molecule has 0 aromatic heterocycles. The number of hydrogen-bond acceptors (Lipinski definition) is 5. The molecule has 0 atom stereocenters. The lowest BCUT2D eigenvalue weighted by Crippen LogP contribution is -2.49. The summed E-state index contributed by atoms with van der Waals surface area (Å²) in [7, 11) is -3.01. The summed E-state index contributed by atoms with van der Waals surface area (Å²) in [5.41, 5.74) is 0. The van der Waals surface area contributed by atoms with Crippen molar-refractivity contribution in [3.05, 3.63) is 0 Å². The van der Waals surface area contributed by atoms with Crippen molar-refractivity contribution in [2.24, 2.45) is 0 Å². The van der Waals surface area contributed by atoms with E-state index in [-0.39, 0.29) is 0 Å². The van der Waals surface area contributed by atoms with Gasteiger partial charge in [-0.05, 0) is 13.1 Å². The van der Waals surface area contributed by atoms with Gasteiger partial charge in [-0.3, -0.25) is 4.90 Å². The summed E-state index contributed by atoms with van der Waals surface area (Å²) in [6.07, 6.45) is 1.29. The molecule has 0 aromatic carbocycles. The van der Waals surface area contributed by atoms with Gasteiger partial charge in [-0.15, -0.1) is 0 Å². The minimum absolute atomic E-state index is 0.623. The van der Waals surface area contributed by atoms with Gasteiger partial charge in [0.1, 0.15) is 0 Å². The molecule has 0 aliphatic carbocycles. The van der Waals surface area contributed by atoms with E-state index in [2.05, 4.69) is 29.0 Å². The predicted octanol–water partition coefficient (Wildman–Crippen LogP) is -0.505. The smallest absolute Gasteiger partial charge is 0.211 e. The van der Waals surface area contributed by atoms with Gasteiger partial charge in [0.2, 0.25) is 10.0 Å². The first kappa shape index (κ1) is 17.8. The Hall–Kier alpha value is -0.210. The molecule has 7 heteroatoms. The van der Waals surface area contributed by atoms with Crippen molar-refractivity contribution in [1.82, 2.24) is 19.4 Å². The topological polar surface area (TPSA) is 55.9 Å². The maximum Gasteiger partial charge on any atom is 0.211 e. The van der Waals surface area contributed by atoms with E-state index >= 15 is 0 Å². The van der Waals surface area contributed by atoms with E-state index in [0.717, 1.165) is 52.4 Å². The van der Waals surface area contributed by atoms with Gasteiger partial charge in [-0.25, -0.2) is 8.42 Å². The first-order chi connectivity index (χ1) is 9.47. The molecule has 0 aromatic rings. The summed E-state index contributed by atoms with van der Waals surface area (Å²) in [5, 5.41) is 3.46. The Morgan fingerprint density at radius 2 is 1.65 bits per heavy atom. The zero-order valence-electron chi connectivity index (χ0n) is 13.1. The predicted molar refractivity (Wildman–Crippen MR) is 83.5 cm³/mol. The van der Waals surface area contributed by atoms with Crippen LogP contribution in [-0.2, 0) is 10.0 Å². The first-order valence-electron chi connectivity index (χ1n) is 7.58. The summed E-state index contributed by atoms with van der Waals surface area (Å²) >= 11 is 0. The van der Waals surface area contributed by atoms with Crippen LogP contribution in [0.1, 0.15) is 13.8 Å². The largest absolute Gasteiger partial charge is 0.314 e. The fourth-order valence-corrected chi connectivity index (χ4v) is 3.25. The number of rotatable bonds is 9. The van der Waals surface area contributed by atoms with Gasteiger partial charge in [-0.1, -0.05) is 13.8 Å². The van der Waals surface area contributed by atoms with Gasteiger partial charge in [0.05, 0.1) is 6.26 Å². The van der Waals surface area contributed by atoms with Gasteiger partial charge in [0.15, 0.2) is 0 Å². The van der Waals surface area contributed by atoms with E-state index in [9.17, 15) is 8.42 Å². The Morgan fingerprint density at radius 3 is 2.15 bits per heavy atom. The summed E-state index contributed by atoms with van der Waals surface area (Å²) in [4.78, 5) is 4.73. The second-order valence-electron chi connectivity index (χ2n) is 5.28. The molecule has 20 heavy (non-hydrogen) atoms. The molecule has 1 saturated heterocycles. The molecule has 1 fully saturated rings. The van der Waals surface area contributed by atoms with Crippen LogP contribution in [0.2, 0.25) is 0 Å². The van der Waals surface area contributed by atoms with Crippen LogP contribution in [0.4, 0.5) is 0 Å². The Balaban J connectivity index is 2.07. The molecular formula is C13H30N4O2S. The fraction of sp³-hybridized carbons (Fsp3) is 1.00. The van der Waals surface area contributed by atoms with E-state index in [4.69, 9.17) is 0 Å². The molecule has 1 aliphatic heterocycles. The third-order valence-electron chi connectivity index (χ3n) is 3.90. The van der Waals surface area contributed by atoms with Crippen molar-refractivity contribution in [3.8, 4) is 0 Å². The summed E-state index contributed by atoms with van der Waals surface area (Å²) in [6, 6.07) is 0. The second kappa shape index (κ2) is 8.94. The fourth-order valence-electron chi connectivity index (χ4n) is 2.42. The maximum atomic E-state index is 11.4. The van der Waals surface area contributed by atoms with E-state index in [1.54, 1.807) is 4.31 Å². The van der Waals surface area contributed by atoms with Crippen LogP contribution in [0.25, 0.3) is 0 Å². The van der Waals surface area contributed by atoms with Gasteiger partial charge < -0.3 is 10.2 Å². The van der Waals surface area contributed by atoms with Crippen LogP contribution in [0.15, 0.2) is 0 Å². The standard InChI is InChI=1S/C13H30N4O2S/c1-4-15(5-2)8-6-14-7-9-16-10-12-17(13-11-16)20(3,18)19/h14H,4-13H2,1-3H3. The summed E-state index contributed by atoms with van der Waals surface area (Å²) < 4.78 is 24.4. The lowest BCUT2D eigenvalue weighted by Gasteiger charge is -2.33. The number of nitrogens with one attached hydrogen (secondary N) is 1. The molecular weight excluding hydrogens is 276 g/mol. The van der Waals surface area contributed by atoms with Crippen LogP contribution >= 0.6 is 0 Å². The lowest BCUT2D eigenvalue weighted by atomic mass is 10.3. The van der Waals surface area contributed by atoms with Crippen LogP contribution in [0.5, 0.6) is 0 Å². The highest BCUT2D eigenvalue weighted by Gasteiger charge is 2.22. The SMILES string of the molecule is CCN(CC)CCNCCN1CCN(S(C)(=O)=O)CC1. The Bertz CT molecular complexity index is 349. The van der Waals surface area contributed by atoms with Gasteiger partial charge in [-0.2, -0.15) is 4.31 Å². The number of hydrogen-bond donors (Lipinski definition) is 1. The Labute approximate surface area is 124 Å². The van der Waals surface area contributed by atoms with Crippen LogP contribution in [0.3, 0.4) is 0 Å². The van der Waals surface area contributed by atoms with Crippen LogP contribution < -0.4 is 5.32 Å². The van der Waals surface area contributed by atoms with E-state index in [1.165, 1.54) is 6.26 Å². The number of sulfonamides is 1. The zero-order chi connectivity index (χ0) is 15.0. The van der Waals surface area contributed by atoms with Crippen molar-refractivity contribution in [1.29, 1.82) is 0 Å². The molecule has 1 rings (SSSR count). The third-order valence-corrected chi connectivity index (χ3v) is 5.21. The van der Waals surface area contributed by atoms with Crippen molar-refractivity contribution in [2.75, 3.05) is 71.7 Å². The van der Waals surface area contributed by atoms with Crippen molar-refractivity contribution < 1.29 is 8.42 Å². The third kappa shape index (κ3) is 6.49. The lowest BCUT2D eigenvalue weighted by molar-refractivity contribution is 0.188. The van der Waals surface area contributed by atoms with Crippen molar-refractivity contribution in [2.45, 2.75) is 13.8 Å². The molecule has 0 radical (unpaired) electrons. The molecule has 0 amide bonds. The van der Waals surface area contributed by atoms with Crippen LogP contribution in [0, 0.1) is 0 Å². The normalized spacial score (nSPS) is 18.8. The summed E-state index contributed by atoms with van der Waals surface area (Å²) in [6.45, 7) is 13.6. The number of likely N-dealkylation sites (N-methyl/N-ethyl adjacent to an activating group) is 1. The molecule has 1 N–H and O–H groups in total. The second-order valence-corrected chi connectivity index (χ2v) is 7.26. The first-order valence-corrected chi connectivity index (χ1v) is 9.42. The Morgan fingerprint density at radius 1 is 1.05 bits per heavy atom.